The zero-order valence-electron chi connectivity index (χ0n) is 18.3. The number of hydrogen-bond acceptors (Lipinski definition) is 4. The van der Waals surface area contributed by atoms with Crippen LogP contribution < -0.4 is 0 Å². The van der Waals surface area contributed by atoms with E-state index in [1.807, 2.05) is 20.8 Å². The monoisotopic (exact) mass is 382 g/mol. The van der Waals surface area contributed by atoms with Crippen LogP contribution in [0.2, 0.25) is 0 Å². The molecule has 0 N–H and O–H groups in total. The van der Waals surface area contributed by atoms with E-state index in [0.29, 0.717) is 6.42 Å². The van der Waals surface area contributed by atoms with Gasteiger partial charge >= 0.3 is 5.97 Å². The van der Waals surface area contributed by atoms with Gasteiger partial charge in [-0.15, -0.1) is 0 Å². The third-order valence-corrected chi connectivity index (χ3v) is 4.07. The largest absolute Gasteiger partial charge is 0.469 e. The second-order valence-corrected chi connectivity index (χ2v) is 8.02. The van der Waals surface area contributed by atoms with Crippen LogP contribution in [0.5, 0.6) is 0 Å². The second-order valence-electron chi connectivity index (χ2n) is 8.02. The van der Waals surface area contributed by atoms with E-state index in [-0.39, 0.29) is 17.7 Å². The van der Waals surface area contributed by atoms with Crippen molar-refractivity contribution in [3.05, 3.63) is 24.3 Å². The summed E-state index contributed by atoms with van der Waals surface area (Å²) in [6, 6.07) is 0. The molecule has 0 heterocycles. The van der Waals surface area contributed by atoms with Gasteiger partial charge in [-0.3, -0.25) is 4.79 Å². The summed E-state index contributed by atoms with van der Waals surface area (Å²) >= 11 is 0. The van der Waals surface area contributed by atoms with Crippen LogP contribution in [0.3, 0.4) is 0 Å². The number of carbonyl (C=O) groups is 1. The number of allylic oxidation sites excluding steroid dienone is 3. The van der Waals surface area contributed by atoms with Crippen LogP contribution in [-0.4, -0.2) is 24.8 Å². The first-order valence-corrected chi connectivity index (χ1v) is 10.6. The van der Waals surface area contributed by atoms with Gasteiger partial charge in [-0.05, 0) is 46.5 Å². The van der Waals surface area contributed by atoms with Crippen LogP contribution in [-0.2, 0) is 19.3 Å². The van der Waals surface area contributed by atoms with Crippen molar-refractivity contribution in [1.82, 2.24) is 0 Å². The molecule has 27 heavy (non-hydrogen) atoms. The predicted octanol–water partition coefficient (Wildman–Crippen LogP) is 6.70. The number of carbonyl (C=O) groups excluding carboxylic acids is 1. The molecule has 0 rings (SSSR count). The van der Waals surface area contributed by atoms with Crippen molar-refractivity contribution in [2.45, 2.75) is 110 Å². The minimum absolute atomic E-state index is 0.00948. The fraction of sp³-hybridized carbons (Fsp3) is 0.783. The van der Waals surface area contributed by atoms with Gasteiger partial charge in [-0.1, -0.05) is 69.8 Å². The Balaban J connectivity index is 3.90. The lowest BCUT2D eigenvalue weighted by Crippen LogP contribution is -2.23. The highest BCUT2D eigenvalue weighted by Crippen LogP contribution is 2.14. The van der Waals surface area contributed by atoms with E-state index in [4.69, 9.17) is 9.78 Å². The molecular formula is C23H42O4. The molecule has 0 radical (unpaired) electrons. The van der Waals surface area contributed by atoms with Gasteiger partial charge in [0.25, 0.3) is 0 Å². The molecule has 0 saturated heterocycles. The first kappa shape index (κ1) is 25.9. The van der Waals surface area contributed by atoms with Crippen molar-refractivity contribution in [3.63, 3.8) is 0 Å². The first-order chi connectivity index (χ1) is 12.9. The van der Waals surface area contributed by atoms with Gasteiger partial charge in [0.05, 0.1) is 12.7 Å². The summed E-state index contributed by atoms with van der Waals surface area (Å²) in [7, 11) is 1.44. The fourth-order valence-electron chi connectivity index (χ4n) is 2.50. The van der Waals surface area contributed by atoms with Gasteiger partial charge in [0, 0.05) is 6.42 Å². The minimum atomic E-state index is -0.288. The Hall–Kier alpha value is -1.13. The maximum atomic E-state index is 11.0. The van der Waals surface area contributed by atoms with Gasteiger partial charge in [0.2, 0.25) is 0 Å². The standard InChI is InChI=1S/C23H42O4/c1-6-7-15-18-21(26-27-23(2,3)4)19-16-13-11-9-8-10-12-14-17-20-22(24)25-5/h11,13,16,19,21H,6-10,12,14-15,17-18,20H2,1-5H3/b13-11+,19-16+. The molecule has 0 saturated carbocycles. The SMILES string of the molecule is CCCCCC(/C=C/C=C/CCCCCCCC(=O)OC)OOC(C)(C)C. The van der Waals surface area contributed by atoms with E-state index >= 15 is 0 Å². The summed E-state index contributed by atoms with van der Waals surface area (Å²) in [5.41, 5.74) is -0.288. The summed E-state index contributed by atoms with van der Waals surface area (Å²) < 4.78 is 4.64. The lowest BCUT2D eigenvalue weighted by Gasteiger charge is -2.21. The molecule has 0 spiro atoms. The molecule has 0 aliphatic rings. The van der Waals surface area contributed by atoms with Crippen LogP contribution in [0.15, 0.2) is 24.3 Å². The molecule has 1 unspecified atom stereocenters. The van der Waals surface area contributed by atoms with E-state index in [0.717, 1.165) is 32.1 Å². The van der Waals surface area contributed by atoms with Crippen molar-refractivity contribution in [1.29, 1.82) is 0 Å². The highest BCUT2D eigenvalue weighted by molar-refractivity contribution is 5.68. The maximum Gasteiger partial charge on any atom is 0.305 e. The number of esters is 1. The Morgan fingerprint density at radius 2 is 1.67 bits per heavy atom. The van der Waals surface area contributed by atoms with E-state index < -0.39 is 0 Å². The Bertz CT molecular complexity index is 407. The van der Waals surface area contributed by atoms with Crippen molar-refractivity contribution < 1.29 is 19.3 Å². The van der Waals surface area contributed by atoms with E-state index in [2.05, 4.69) is 36.0 Å². The Morgan fingerprint density at radius 1 is 0.963 bits per heavy atom. The van der Waals surface area contributed by atoms with Crippen molar-refractivity contribution in [2.75, 3.05) is 7.11 Å². The molecule has 4 nitrogen and oxygen atoms in total. The van der Waals surface area contributed by atoms with Crippen LogP contribution in [0.25, 0.3) is 0 Å². The predicted molar refractivity (Wildman–Crippen MR) is 112 cm³/mol. The number of rotatable bonds is 16. The van der Waals surface area contributed by atoms with Crippen molar-refractivity contribution in [3.8, 4) is 0 Å². The Kier molecular flexibility index (Phi) is 16.3. The first-order valence-electron chi connectivity index (χ1n) is 10.6. The lowest BCUT2D eigenvalue weighted by atomic mass is 10.1. The Labute approximate surface area is 167 Å². The zero-order chi connectivity index (χ0) is 20.4. The molecule has 0 aromatic carbocycles. The molecule has 1 atom stereocenters. The highest BCUT2D eigenvalue weighted by Gasteiger charge is 2.15. The van der Waals surface area contributed by atoms with Crippen LogP contribution in [0.4, 0.5) is 0 Å². The quantitative estimate of drug-likeness (QED) is 0.0979. The molecule has 0 bridgehead atoms. The molecule has 0 aliphatic carbocycles. The third kappa shape index (κ3) is 19.4. The molecule has 158 valence electrons. The van der Waals surface area contributed by atoms with Gasteiger partial charge < -0.3 is 4.74 Å². The average molecular weight is 383 g/mol. The van der Waals surface area contributed by atoms with Gasteiger partial charge in [-0.2, -0.15) is 0 Å². The molecule has 0 amide bonds. The number of hydrogen-bond donors (Lipinski definition) is 0. The molecule has 0 aromatic heterocycles. The second kappa shape index (κ2) is 17.0. The van der Waals surface area contributed by atoms with Crippen LogP contribution in [0, 0.1) is 0 Å². The van der Waals surface area contributed by atoms with E-state index in [1.54, 1.807) is 0 Å². The van der Waals surface area contributed by atoms with Gasteiger partial charge in [-0.25, -0.2) is 9.78 Å². The molecule has 4 heteroatoms. The minimum Gasteiger partial charge on any atom is -0.469 e. The summed E-state index contributed by atoms with van der Waals surface area (Å²) in [6.07, 6.45) is 20.3. The molecule has 0 fully saturated rings. The van der Waals surface area contributed by atoms with Crippen LogP contribution >= 0.6 is 0 Å². The Morgan fingerprint density at radius 3 is 2.33 bits per heavy atom. The van der Waals surface area contributed by atoms with Gasteiger partial charge in [0.15, 0.2) is 0 Å². The smallest absolute Gasteiger partial charge is 0.305 e. The normalized spacial score (nSPS) is 13.5. The zero-order valence-corrected chi connectivity index (χ0v) is 18.3. The topological polar surface area (TPSA) is 44.8 Å². The summed E-state index contributed by atoms with van der Waals surface area (Å²) in [6.45, 7) is 8.19. The lowest BCUT2D eigenvalue weighted by molar-refractivity contribution is -0.365. The van der Waals surface area contributed by atoms with E-state index in [1.165, 1.54) is 39.2 Å². The number of unbranched alkanes of at least 4 members (excludes halogenated alkanes) is 7. The molecular weight excluding hydrogens is 340 g/mol. The van der Waals surface area contributed by atoms with E-state index in [9.17, 15) is 4.79 Å². The number of methoxy groups -OCH3 is 1. The maximum absolute atomic E-state index is 11.0. The van der Waals surface area contributed by atoms with Crippen molar-refractivity contribution >= 4 is 5.97 Å². The molecule has 0 aliphatic heterocycles. The summed E-state index contributed by atoms with van der Waals surface area (Å²) in [4.78, 5) is 22.1. The third-order valence-electron chi connectivity index (χ3n) is 4.07. The van der Waals surface area contributed by atoms with Gasteiger partial charge in [0.1, 0.15) is 6.10 Å². The van der Waals surface area contributed by atoms with Crippen LogP contribution in [0.1, 0.15) is 98.3 Å². The summed E-state index contributed by atoms with van der Waals surface area (Å²) in [5, 5.41) is 0. The highest BCUT2D eigenvalue weighted by atomic mass is 17.2. The average Bonchev–Trinajstić information content (AvgIpc) is 2.62. The fourth-order valence-corrected chi connectivity index (χ4v) is 2.50. The van der Waals surface area contributed by atoms with Crippen molar-refractivity contribution in [2.24, 2.45) is 0 Å². The summed E-state index contributed by atoms with van der Waals surface area (Å²) in [5.74, 6) is -0.102. The number of ether oxygens (including phenoxy) is 1. The molecule has 0 aromatic rings.